The maximum Gasteiger partial charge on any atom is 0.0453 e. The molecule has 42 valence electrons. The molecule has 0 bridgehead atoms. The Balaban J connectivity index is 2.61. The molecule has 0 radical (unpaired) electrons. The van der Waals surface area contributed by atoms with Crippen molar-refractivity contribution in [1.29, 1.82) is 0 Å². The molecule has 1 nitrogen and oxygen atoms in total. The first-order valence-corrected chi connectivity index (χ1v) is 2.51. The van der Waals surface area contributed by atoms with Crippen LogP contribution in [0.2, 0.25) is 0 Å². The van der Waals surface area contributed by atoms with Crippen molar-refractivity contribution in [2.75, 3.05) is 12.3 Å². The Morgan fingerprint density at radius 1 is 1.38 bits per heavy atom. The summed E-state index contributed by atoms with van der Waals surface area (Å²) in [6.45, 7) is 0. The smallest absolute Gasteiger partial charge is 0.0453 e. The Morgan fingerprint density at radius 3 is 2.75 bits per heavy atom. The number of rotatable bonds is 1. The van der Waals surface area contributed by atoms with Crippen molar-refractivity contribution < 1.29 is 1.37 Å². The second-order valence-corrected chi connectivity index (χ2v) is 1.54. The summed E-state index contributed by atoms with van der Waals surface area (Å²) in [4.78, 5) is 0. The van der Waals surface area contributed by atoms with Crippen molar-refractivity contribution >= 4 is 5.69 Å². The van der Waals surface area contributed by atoms with Gasteiger partial charge in [-0.2, -0.15) is 0 Å². The highest BCUT2D eigenvalue weighted by atomic mass is 14.8. The Labute approximate surface area is 50.8 Å². The number of hydrogen-bond donors (Lipinski definition) is 1. The number of hydrogen-bond acceptors (Lipinski definition) is 1. The van der Waals surface area contributed by atoms with Crippen LogP contribution in [0.1, 0.15) is 1.37 Å². The molecule has 1 heteroatoms. The predicted molar refractivity (Wildman–Crippen MR) is 36.0 cm³/mol. The topological polar surface area (TPSA) is 12.0 Å². The molecule has 0 heterocycles. The average molecular weight is 108 g/mol. The molecule has 1 aromatic rings. The lowest BCUT2D eigenvalue weighted by atomic mass is 10.3. The maximum absolute atomic E-state index is 6.83. The molecule has 0 aliphatic carbocycles. The van der Waals surface area contributed by atoms with E-state index in [1.807, 2.05) is 30.3 Å². The summed E-state index contributed by atoms with van der Waals surface area (Å²) in [6, 6.07) is 9.72. The van der Waals surface area contributed by atoms with E-state index < -0.39 is 0 Å². The Morgan fingerprint density at radius 2 is 2.12 bits per heavy atom. The van der Waals surface area contributed by atoms with E-state index in [9.17, 15) is 0 Å². The first-order valence-electron chi connectivity index (χ1n) is 3.22. The van der Waals surface area contributed by atoms with Crippen molar-refractivity contribution in [3.05, 3.63) is 30.3 Å². The van der Waals surface area contributed by atoms with Crippen LogP contribution in [0.25, 0.3) is 0 Å². The van der Waals surface area contributed by atoms with Gasteiger partial charge in [-0.3, -0.25) is 0 Å². The van der Waals surface area contributed by atoms with E-state index in [1.54, 1.807) is 0 Å². The lowest BCUT2D eigenvalue weighted by Crippen LogP contribution is -1.84. The van der Waals surface area contributed by atoms with E-state index in [-0.39, 0.29) is 7.02 Å². The van der Waals surface area contributed by atoms with Crippen LogP contribution >= 0.6 is 0 Å². The third-order valence-corrected chi connectivity index (χ3v) is 0.978. The van der Waals surface area contributed by atoms with Gasteiger partial charge in [-0.15, -0.1) is 0 Å². The lowest BCUT2D eigenvalue weighted by molar-refractivity contribution is 1.51. The first kappa shape index (κ1) is 3.96. The molecule has 0 atom stereocenters. The van der Waals surface area contributed by atoms with Crippen molar-refractivity contribution in [3.8, 4) is 0 Å². The van der Waals surface area contributed by atoms with Gasteiger partial charge in [-0.1, -0.05) is 18.2 Å². The first-order chi connectivity index (χ1) is 4.43. The predicted octanol–water partition coefficient (Wildman–Crippen LogP) is 1.73. The van der Waals surface area contributed by atoms with Crippen LogP contribution in [0.15, 0.2) is 30.3 Å². The summed E-state index contributed by atoms with van der Waals surface area (Å²) >= 11 is 0. The fourth-order valence-corrected chi connectivity index (χ4v) is 0.556. The Hall–Kier alpha value is -0.980. The SMILES string of the molecule is [2H]CNc1ccccc1. The summed E-state index contributed by atoms with van der Waals surface area (Å²) in [5.74, 6) is 0. The van der Waals surface area contributed by atoms with Gasteiger partial charge in [0.15, 0.2) is 0 Å². The van der Waals surface area contributed by atoms with Crippen LogP contribution in [0.4, 0.5) is 5.69 Å². The summed E-state index contributed by atoms with van der Waals surface area (Å²) in [6.07, 6.45) is 0. The van der Waals surface area contributed by atoms with E-state index in [2.05, 4.69) is 5.32 Å². The van der Waals surface area contributed by atoms with E-state index in [0.717, 1.165) is 5.69 Å². The van der Waals surface area contributed by atoms with Crippen LogP contribution in [0, 0.1) is 0 Å². The number of para-hydroxylation sites is 1. The van der Waals surface area contributed by atoms with Crippen molar-refractivity contribution in [2.24, 2.45) is 0 Å². The van der Waals surface area contributed by atoms with Crippen LogP contribution in [0.5, 0.6) is 0 Å². The molecule has 8 heavy (non-hydrogen) atoms. The minimum absolute atomic E-state index is 0.240. The number of nitrogens with one attached hydrogen (secondary N) is 1. The fourth-order valence-electron chi connectivity index (χ4n) is 0.556. The number of anilines is 1. The molecule has 1 aromatic carbocycles. The quantitative estimate of drug-likeness (QED) is 0.577. The highest BCUT2D eigenvalue weighted by molar-refractivity contribution is 5.41. The minimum atomic E-state index is 0.240. The van der Waals surface area contributed by atoms with Gasteiger partial charge < -0.3 is 5.32 Å². The highest BCUT2D eigenvalue weighted by Gasteiger charge is 1.77. The minimum Gasteiger partial charge on any atom is -0.388 e. The molecule has 0 saturated carbocycles. The Kier molecular flexibility index (Phi) is 1.17. The summed E-state index contributed by atoms with van der Waals surface area (Å²) in [7, 11) is 0.240. The van der Waals surface area contributed by atoms with Crippen LogP contribution in [0.3, 0.4) is 0 Å². The van der Waals surface area contributed by atoms with Gasteiger partial charge in [0.1, 0.15) is 0 Å². The second kappa shape index (κ2) is 2.36. The van der Waals surface area contributed by atoms with Crippen LogP contribution in [-0.4, -0.2) is 7.02 Å². The zero-order valence-electron chi connectivity index (χ0n) is 5.59. The third-order valence-electron chi connectivity index (χ3n) is 0.978. The molecule has 1 N–H and O–H groups in total. The lowest BCUT2D eigenvalue weighted by Gasteiger charge is -1.94. The van der Waals surface area contributed by atoms with E-state index >= 15 is 0 Å². The largest absolute Gasteiger partial charge is 0.388 e. The molecule has 0 spiro atoms. The van der Waals surface area contributed by atoms with Gasteiger partial charge in [-0.25, -0.2) is 0 Å². The Bertz CT molecular complexity index is 162. The van der Waals surface area contributed by atoms with Crippen molar-refractivity contribution in [3.63, 3.8) is 0 Å². The van der Waals surface area contributed by atoms with Gasteiger partial charge in [0.25, 0.3) is 0 Å². The van der Waals surface area contributed by atoms with Crippen LogP contribution in [-0.2, 0) is 0 Å². The zero-order valence-corrected chi connectivity index (χ0v) is 4.59. The maximum atomic E-state index is 6.83. The van der Waals surface area contributed by atoms with Gasteiger partial charge in [0, 0.05) is 14.1 Å². The molecule has 0 aromatic heterocycles. The molecule has 0 fully saturated rings. The van der Waals surface area contributed by atoms with E-state index in [0.29, 0.717) is 0 Å². The molecule has 0 unspecified atom stereocenters. The molecular weight excluding hydrogens is 98.1 g/mol. The molecule has 1 rings (SSSR count). The number of benzene rings is 1. The third kappa shape index (κ3) is 0.997. The molecule has 0 aliphatic heterocycles. The standard InChI is InChI=1S/C7H9N/c1-8-7-5-3-2-4-6-7/h2-6,8H,1H3/i1D. The van der Waals surface area contributed by atoms with Gasteiger partial charge >= 0.3 is 0 Å². The van der Waals surface area contributed by atoms with Crippen molar-refractivity contribution in [2.45, 2.75) is 0 Å². The molecule has 0 amide bonds. The van der Waals surface area contributed by atoms with Gasteiger partial charge in [0.05, 0.1) is 0 Å². The normalized spacial score (nSPS) is 10.2. The summed E-state index contributed by atoms with van der Waals surface area (Å²) in [5.41, 5.74) is 1.01. The fraction of sp³-hybridized carbons (Fsp3) is 0.143. The summed E-state index contributed by atoms with van der Waals surface area (Å²) in [5, 5.41) is 2.87. The molecule has 0 aliphatic rings. The van der Waals surface area contributed by atoms with E-state index in [1.165, 1.54) is 0 Å². The van der Waals surface area contributed by atoms with Gasteiger partial charge in [-0.05, 0) is 12.1 Å². The molecule has 0 saturated heterocycles. The summed E-state index contributed by atoms with van der Waals surface area (Å²) < 4.78 is 6.83. The second-order valence-electron chi connectivity index (χ2n) is 1.54. The van der Waals surface area contributed by atoms with E-state index in [4.69, 9.17) is 1.37 Å². The highest BCUT2D eigenvalue weighted by Crippen LogP contribution is 2.01. The average Bonchev–Trinajstić information content (AvgIpc) is 1.91. The molecular formula is C7H9N. The van der Waals surface area contributed by atoms with Crippen molar-refractivity contribution in [1.82, 2.24) is 0 Å². The monoisotopic (exact) mass is 108 g/mol. The van der Waals surface area contributed by atoms with Crippen LogP contribution < -0.4 is 5.32 Å². The van der Waals surface area contributed by atoms with Gasteiger partial charge in [0.2, 0.25) is 0 Å². The zero-order chi connectivity index (χ0) is 6.53.